The van der Waals surface area contributed by atoms with Crippen molar-refractivity contribution in [3.05, 3.63) is 16.0 Å². The van der Waals surface area contributed by atoms with E-state index in [4.69, 9.17) is 10.5 Å². The number of esters is 1. The van der Waals surface area contributed by atoms with E-state index >= 15 is 0 Å². The molecule has 0 aliphatic heterocycles. The topological polar surface area (TPSA) is 84.7 Å². The molecule has 6 nitrogen and oxygen atoms in total. The molecule has 1 rings (SSSR count). The predicted molar refractivity (Wildman–Crippen MR) is 95.0 cm³/mol. The maximum atomic E-state index is 12.1. The molecule has 0 saturated heterocycles. The highest BCUT2D eigenvalue weighted by molar-refractivity contribution is 8.93. The van der Waals surface area contributed by atoms with Gasteiger partial charge in [-0.15, -0.1) is 28.3 Å². The van der Waals surface area contributed by atoms with E-state index in [1.807, 2.05) is 13.8 Å². The Balaban J connectivity index is 0.00000441. The number of anilines is 1. The smallest absolute Gasteiger partial charge is 0.341 e. The maximum Gasteiger partial charge on any atom is 0.341 e. The molecule has 0 radical (unpaired) electrons. The average Bonchev–Trinajstić information content (AvgIpc) is 2.80. The number of thiophene rings is 1. The lowest BCUT2D eigenvalue weighted by Gasteiger charge is -2.19. The highest BCUT2D eigenvalue weighted by atomic mass is 79.9. The molecule has 126 valence electrons. The summed E-state index contributed by atoms with van der Waals surface area (Å²) in [4.78, 5) is 26.7. The number of carbonyl (C=O) groups excluding carboxylic acids is 2. The number of halogens is 1. The Morgan fingerprint density at radius 2 is 1.86 bits per heavy atom. The van der Waals surface area contributed by atoms with Gasteiger partial charge in [-0.3, -0.25) is 9.69 Å². The largest absolute Gasteiger partial charge is 0.462 e. The predicted octanol–water partition coefficient (Wildman–Crippen LogP) is 2.29. The van der Waals surface area contributed by atoms with E-state index in [2.05, 4.69) is 10.2 Å². The summed E-state index contributed by atoms with van der Waals surface area (Å²) in [5.74, 6) is -0.701. The van der Waals surface area contributed by atoms with Crippen molar-refractivity contribution >= 4 is 45.2 Å². The molecule has 1 amide bonds. The van der Waals surface area contributed by atoms with E-state index in [-0.39, 0.29) is 29.5 Å². The molecule has 1 aromatic heterocycles. The summed E-state index contributed by atoms with van der Waals surface area (Å²) in [5, 5.41) is 2.92. The number of nitrogen functional groups attached to an aromatic ring is 1. The second kappa shape index (κ2) is 9.81. The zero-order valence-electron chi connectivity index (χ0n) is 13.4. The molecule has 0 aliphatic carbocycles. The van der Waals surface area contributed by atoms with E-state index in [1.165, 1.54) is 0 Å². The SMILES string of the molecule is Br.CCOC(=O)c1c(N)sc(C(=O)NC)c1CN(CC)CC. The summed E-state index contributed by atoms with van der Waals surface area (Å²) in [6.45, 7) is 8.21. The van der Waals surface area contributed by atoms with Gasteiger partial charge in [0.15, 0.2) is 0 Å². The quantitative estimate of drug-likeness (QED) is 0.694. The van der Waals surface area contributed by atoms with Crippen LogP contribution < -0.4 is 11.1 Å². The van der Waals surface area contributed by atoms with Gasteiger partial charge in [0.2, 0.25) is 0 Å². The minimum Gasteiger partial charge on any atom is -0.462 e. The van der Waals surface area contributed by atoms with E-state index in [1.54, 1.807) is 14.0 Å². The van der Waals surface area contributed by atoms with Crippen molar-refractivity contribution in [2.75, 3.05) is 32.5 Å². The highest BCUT2D eigenvalue weighted by Crippen LogP contribution is 2.32. The van der Waals surface area contributed by atoms with Crippen molar-refractivity contribution in [1.29, 1.82) is 0 Å². The fourth-order valence-corrected chi connectivity index (χ4v) is 3.04. The summed E-state index contributed by atoms with van der Waals surface area (Å²) in [6, 6.07) is 0. The van der Waals surface area contributed by atoms with Crippen LogP contribution in [-0.2, 0) is 11.3 Å². The van der Waals surface area contributed by atoms with Crippen LogP contribution in [0.4, 0.5) is 5.00 Å². The summed E-state index contributed by atoms with van der Waals surface area (Å²) >= 11 is 1.13. The van der Waals surface area contributed by atoms with Gasteiger partial charge >= 0.3 is 5.97 Å². The third-order valence-corrected chi connectivity index (χ3v) is 4.28. The molecule has 0 fully saturated rings. The summed E-state index contributed by atoms with van der Waals surface area (Å²) < 4.78 is 5.06. The second-order valence-electron chi connectivity index (χ2n) is 4.41. The Morgan fingerprint density at radius 1 is 1.27 bits per heavy atom. The number of nitrogens with two attached hydrogens (primary N) is 1. The fraction of sp³-hybridized carbons (Fsp3) is 0.571. The molecule has 0 aliphatic rings. The number of ether oxygens (including phenoxy) is 1. The van der Waals surface area contributed by atoms with Crippen molar-refractivity contribution in [3.8, 4) is 0 Å². The summed E-state index contributed by atoms with van der Waals surface area (Å²) in [7, 11) is 1.56. The van der Waals surface area contributed by atoms with Gasteiger partial charge in [0.1, 0.15) is 5.00 Å². The van der Waals surface area contributed by atoms with Crippen LogP contribution in [0, 0.1) is 0 Å². The highest BCUT2D eigenvalue weighted by Gasteiger charge is 2.27. The van der Waals surface area contributed by atoms with Crippen LogP contribution in [0.25, 0.3) is 0 Å². The first-order valence-corrected chi connectivity index (χ1v) is 7.84. The Bertz CT molecular complexity index is 516. The Hall–Kier alpha value is -1.12. The molecule has 0 bridgehead atoms. The number of hydrogen-bond acceptors (Lipinski definition) is 6. The Labute approximate surface area is 145 Å². The van der Waals surface area contributed by atoms with Gasteiger partial charge in [-0.25, -0.2) is 4.79 Å². The summed E-state index contributed by atoms with van der Waals surface area (Å²) in [5.41, 5.74) is 6.92. The van der Waals surface area contributed by atoms with Crippen molar-refractivity contribution in [2.24, 2.45) is 0 Å². The molecule has 1 heterocycles. The van der Waals surface area contributed by atoms with Crippen molar-refractivity contribution in [1.82, 2.24) is 10.2 Å². The van der Waals surface area contributed by atoms with Gasteiger partial charge in [0, 0.05) is 19.2 Å². The molecule has 0 spiro atoms. The summed E-state index contributed by atoms with van der Waals surface area (Å²) in [6.07, 6.45) is 0. The minimum absolute atomic E-state index is 0. The van der Waals surface area contributed by atoms with Crippen molar-refractivity contribution in [2.45, 2.75) is 27.3 Å². The number of nitrogens with zero attached hydrogens (tertiary/aromatic N) is 1. The monoisotopic (exact) mass is 393 g/mol. The molecule has 0 aromatic carbocycles. The Kier molecular flexibility index (Phi) is 9.31. The van der Waals surface area contributed by atoms with Gasteiger partial charge < -0.3 is 15.8 Å². The molecule has 22 heavy (non-hydrogen) atoms. The number of rotatable bonds is 7. The lowest BCUT2D eigenvalue weighted by atomic mass is 10.1. The first-order valence-electron chi connectivity index (χ1n) is 7.02. The minimum atomic E-state index is -0.469. The Morgan fingerprint density at radius 3 is 2.32 bits per heavy atom. The molecular formula is C14H24BrN3O3S. The van der Waals surface area contributed by atoms with Gasteiger partial charge in [0.25, 0.3) is 5.91 Å². The van der Waals surface area contributed by atoms with Gasteiger partial charge in [-0.2, -0.15) is 0 Å². The number of amides is 1. The third kappa shape index (κ3) is 4.69. The zero-order chi connectivity index (χ0) is 16.0. The molecule has 0 atom stereocenters. The maximum absolute atomic E-state index is 12.1. The zero-order valence-corrected chi connectivity index (χ0v) is 15.9. The molecular weight excluding hydrogens is 370 g/mol. The molecule has 0 saturated carbocycles. The molecule has 3 N–H and O–H groups in total. The van der Waals surface area contributed by atoms with E-state index in [9.17, 15) is 9.59 Å². The van der Waals surface area contributed by atoms with Crippen LogP contribution in [-0.4, -0.2) is 43.5 Å². The van der Waals surface area contributed by atoms with Crippen LogP contribution >= 0.6 is 28.3 Å². The number of nitrogens with one attached hydrogen (secondary N) is 1. The van der Waals surface area contributed by atoms with Crippen LogP contribution in [0.3, 0.4) is 0 Å². The van der Waals surface area contributed by atoms with Crippen molar-refractivity contribution in [3.63, 3.8) is 0 Å². The molecule has 1 aromatic rings. The second-order valence-corrected chi connectivity index (χ2v) is 5.46. The van der Waals surface area contributed by atoms with Gasteiger partial charge in [0.05, 0.1) is 17.0 Å². The molecule has 8 heteroatoms. The lowest BCUT2D eigenvalue weighted by Crippen LogP contribution is -2.26. The normalized spacial score (nSPS) is 10.2. The van der Waals surface area contributed by atoms with Crippen LogP contribution in [0.1, 0.15) is 46.4 Å². The number of hydrogen-bond donors (Lipinski definition) is 2. The van der Waals surface area contributed by atoms with Crippen LogP contribution in [0.5, 0.6) is 0 Å². The van der Waals surface area contributed by atoms with E-state index in [0.717, 1.165) is 24.4 Å². The third-order valence-electron chi connectivity index (χ3n) is 3.22. The van der Waals surface area contributed by atoms with Gasteiger partial charge in [-0.05, 0) is 20.0 Å². The van der Waals surface area contributed by atoms with Crippen molar-refractivity contribution < 1.29 is 14.3 Å². The van der Waals surface area contributed by atoms with Gasteiger partial charge in [-0.1, -0.05) is 13.8 Å². The average molecular weight is 394 g/mol. The first-order chi connectivity index (χ1) is 9.99. The van der Waals surface area contributed by atoms with E-state index in [0.29, 0.717) is 27.5 Å². The number of carbonyl (C=O) groups is 2. The first kappa shape index (κ1) is 20.9. The molecule has 0 unspecified atom stereocenters. The lowest BCUT2D eigenvalue weighted by molar-refractivity contribution is 0.0526. The van der Waals surface area contributed by atoms with E-state index < -0.39 is 5.97 Å². The van der Waals surface area contributed by atoms with Crippen LogP contribution in [0.15, 0.2) is 0 Å². The van der Waals surface area contributed by atoms with Crippen LogP contribution in [0.2, 0.25) is 0 Å². The standard InChI is InChI=1S/C14H23N3O3S.BrH/c1-5-17(6-2)8-9-10(14(19)20-7-3)12(15)21-11(9)13(18)16-4;/h5-8,15H2,1-4H3,(H,16,18);1H. The fourth-order valence-electron chi connectivity index (χ4n) is 2.03.